The molecule has 4 N–H and O–H groups in total. The summed E-state index contributed by atoms with van der Waals surface area (Å²) in [5, 5.41) is 16.3. The third-order valence-corrected chi connectivity index (χ3v) is 2.52. The Bertz CT molecular complexity index is 460. The monoisotopic (exact) mass is 275 g/mol. The van der Waals surface area contributed by atoms with Crippen molar-refractivity contribution in [3.05, 3.63) is 29.3 Å². The minimum atomic E-state index is -4.39. The van der Waals surface area contributed by atoms with Gasteiger partial charge in [-0.25, -0.2) is 0 Å². The summed E-state index contributed by atoms with van der Waals surface area (Å²) in [6, 6.07) is 4.68. The van der Waals surface area contributed by atoms with Crippen LogP contribution >= 0.6 is 0 Å². The molecule has 4 nitrogen and oxygen atoms in total. The van der Waals surface area contributed by atoms with E-state index in [2.05, 4.69) is 0 Å². The summed E-state index contributed by atoms with van der Waals surface area (Å²) in [6.07, 6.45) is -4.39. The molecule has 0 heterocycles. The molecule has 0 aromatic heterocycles. The molecule has 0 amide bonds. The summed E-state index contributed by atoms with van der Waals surface area (Å²) in [5.74, 6) is -0.302. The third-order valence-electron chi connectivity index (χ3n) is 2.52. The molecule has 0 saturated heterocycles. The molecule has 0 radical (unpaired) electrons. The number of nitrogens with zero attached hydrogens (tertiary/aromatic N) is 1. The normalized spacial score (nSPS) is 11.4. The maximum atomic E-state index is 12.5. The van der Waals surface area contributed by atoms with Crippen molar-refractivity contribution in [1.82, 2.24) is 0 Å². The van der Waals surface area contributed by atoms with Gasteiger partial charge in [-0.2, -0.15) is 13.2 Å². The highest BCUT2D eigenvalue weighted by Gasteiger charge is 2.31. The number of amidine groups is 1. The summed E-state index contributed by atoms with van der Waals surface area (Å²) in [4.78, 5) is 0.968. The fraction of sp³-hybridized carbons (Fsp3) is 0.417. The van der Waals surface area contributed by atoms with Crippen LogP contribution in [0.1, 0.15) is 11.1 Å². The van der Waals surface area contributed by atoms with Gasteiger partial charge in [0.2, 0.25) is 0 Å². The molecule has 0 spiro atoms. The number of aryl methyl sites for hydroxylation is 1. The second-order valence-electron chi connectivity index (χ2n) is 4.19. The molecule has 0 unspecified atom stereocenters. The standard InChI is InChI=1S/C12H16F3N3O/c1-8-2-3-10(9(6-8)11(16)17)18(4-5-19)7-12(13,14)15/h2-3,6,19H,4-5,7H2,1H3,(H3,16,17). The molecule has 0 aliphatic carbocycles. The first-order valence-electron chi connectivity index (χ1n) is 5.62. The van der Waals surface area contributed by atoms with Gasteiger partial charge >= 0.3 is 6.18 Å². The molecule has 0 bridgehead atoms. The fourth-order valence-electron chi connectivity index (χ4n) is 1.76. The first kappa shape index (κ1) is 15.3. The van der Waals surface area contributed by atoms with Crippen LogP contribution in [0.4, 0.5) is 18.9 Å². The Kier molecular flexibility index (Phi) is 4.77. The summed E-state index contributed by atoms with van der Waals surface area (Å²) in [6.45, 7) is -0.0303. The van der Waals surface area contributed by atoms with Crippen molar-refractivity contribution in [2.45, 2.75) is 13.1 Å². The van der Waals surface area contributed by atoms with E-state index in [-0.39, 0.29) is 23.6 Å². The molecule has 1 aromatic rings. The van der Waals surface area contributed by atoms with Crippen LogP contribution in [0.25, 0.3) is 0 Å². The van der Waals surface area contributed by atoms with Gasteiger partial charge in [-0.1, -0.05) is 11.6 Å². The second-order valence-corrected chi connectivity index (χ2v) is 4.19. The third kappa shape index (κ3) is 4.44. The van der Waals surface area contributed by atoms with E-state index in [4.69, 9.17) is 16.2 Å². The molecule has 7 heteroatoms. The van der Waals surface area contributed by atoms with Gasteiger partial charge in [0, 0.05) is 17.8 Å². The van der Waals surface area contributed by atoms with Crippen LogP contribution < -0.4 is 10.6 Å². The van der Waals surface area contributed by atoms with Crippen molar-refractivity contribution in [3.8, 4) is 0 Å². The lowest BCUT2D eigenvalue weighted by Gasteiger charge is -2.27. The van der Waals surface area contributed by atoms with Crippen LogP contribution in [0.3, 0.4) is 0 Å². The van der Waals surface area contributed by atoms with E-state index in [9.17, 15) is 13.2 Å². The Morgan fingerprint density at radius 2 is 2.05 bits per heavy atom. The molecular formula is C12H16F3N3O. The zero-order chi connectivity index (χ0) is 14.6. The average Bonchev–Trinajstić information content (AvgIpc) is 2.26. The SMILES string of the molecule is Cc1ccc(N(CCO)CC(F)(F)F)c(C(=N)N)c1. The molecule has 1 aromatic carbocycles. The number of nitrogens with one attached hydrogen (secondary N) is 1. The van der Waals surface area contributed by atoms with E-state index in [1.54, 1.807) is 19.1 Å². The first-order chi connectivity index (χ1) is 8.74. The lowest BCUT2D eigenvalue weighted by molar-refractivity contribution is -0.119. The van der Waals surface area contributed by atoms with Crippen LogP contribution in [0, 0.1) is 12.3 Å². The maximum absolute atomic E-state index is 12.5. The van der Waals surface area contributed by atoms with E-state index in [1.165, 1.54) is 6.07 Å². The fourth-order valence-corrected chi connectivity index (χ4v) is 1.76. The number of alkyl halides is 3. The smallest absolute Gasteiger partial charge is 0.395 e. The summed E-state index contributed by atoms with van der Waals surface area (Å²) in [5.41, 5.74) is 6.62. The van der Waals surface area contributed by atoms with E-state index >= 15 is 0 Å². The number of hydrogen-bond acceptors (Lipinski definition) is 3. The lowest BCUT2D eigenvalue weighted by Crippen LogP contribution is -2.37. The number of aliphatic hydroxyl groups excluding tert-OH is 1. The average molecular weight is 275 g/mol. The van der Waals surface area contributed by atoms with E-state index in [0.29, 0.717) is 0 Å². The molecule has 0 aliphatic heterocycles. The van der Waals surface area contributed by atoms with Crippen LogP contribution in [-0.4, -0.2) is 36.8 Å². The predicted molar refractivity (Wildman–Crippen MR) is 67.5 cm³/mol. The lowest BCUT2D eigenvalue weighted by atomic mass is 10.1. The Labute approximate surface area is 109 Å². The van der Waals surface area contributed by atoms with Crippen molar-refractivity contribution in [1.29, 1.82) is 5.41 Å². The van der Waals surface area contributed by atoms with E-state index in [1.807, 2.05) is 0 Å². The van der Waals surface area contributed by atoms with Crippen LogP contribution in [0.15, 0.2) is 18.2 Å². The number of hydrogen-bond donors (Lipinski definition) is 3. The van der Waals surface area contributed by atoms with E-state index in [0.717, 1.165) is 10.5 Å². The quantitative estimate of drug-likeness (QED) is 0.565. The zero-order valence-electron chi connectivity index (χ0n) is 10.5. The number of rotatable bonds is 5. The van der Waals surface area contributed by atoms with Crippen molar-refractivity contribution in [2.24, 2.45) is 5.73 Å². The number of aliphatic hydroxyl groups is 1. The minimum Gasteiger partial charge on any atom is -0.395 e. The summed E-state index contributed by atoms with van der Waals surface area (Å²) in [7, 11) is 0. The molecular weight excluding hydrogens is 259 g/mol. The second kappa shape index (κ2) is 5.92. The highest BCUT2D eigenvalue weighted by molar-refractivity contribution is 6.00. The minimum absolute atomic E-state index is 0.178. The van der Waals surface area contributed by atoms with Gasteiger partial charge in [-0.15, -0.1) is 0 Å². The molecule has 19 heavy (non-hydrogen) atoms. The van der Waals surface area contributed by atoms with Crippen molar-refractivity contribution >= 4 is 11.5 Å². The van der Waals surface area contributed by atoms with E-state index < -0.39 is 19.3 Å². The number of nitrogens with two attached hydrogens (primary N) is 1. The van der Waals surface area contributed by atoms with Crippen molar-refractivity contribution < 1.29 is 18.3 Å². The van der Waals surface area contributed by atoms with Gasteiger partial charge in [0.25, 0.3) is 0 Å². The van der Waals surface area contributed by atoms with Crippen molar-refractivity contribution in [2.75, 3.05) is 24.6 Å². The first-order valence-corrected chi connectivity index (χ1v) is 5.62. The van der Waals surface area contributed by atoms with Crippen LogP contribution in [0.2, 0.25) is 0 Å². The molecule has 0 aliphatic rings. The Morgan fingerprint density at radius 3 is 2.53 bits per heavy atom. The molecule has 0 atom stereocenters. The van der Waals surface area contributed by atoms with Gasteiger partial charge in [-0.05, 0) is 19.1 Å². The largest absolute Gasteiger partial charge is 0.405 e. The highest BCUT2D eigenvalue weighted by atomic mass is 19.4. The van der Waals surface area contributed by atoms with Crippen LogP contribution in [-0.2, 0) is 0 Å². The summed E-state index contributed by atoms with van der Waals surface area (Å²) < 4.78 is 37.6. The Hall–Kier alpha value is -1.76. The summed E-state index contributed by atoms with van der Waals surface area (Å²) >= 11 is 0. The van der Waals surface area contributed by atoms with Gasteiger partial charge in [0.15, 0.2) is 0 Å². The topological polar surface area (TPSA) is 73.3 Å². The Balaban J connectivity index is 3.18. The molecule has 0 fully saturated rings. The Morgan fingerprint density at radius 1 is 1.42 bits per heavy atom. The number of benzene rings is 1. The zero-order valence-corrected chi connectivity index (χ0v) is 10.5. The molecule has 1 rings (SSSR count). The maximum Gasteiger partial charge on any atom is 0.405 e. The van der Waals surface area contributed by atoms with Crippen molar-refractivity contribution in [3.63, 3.8) is 0 Å². The number of nitrogen functional groups attached to an aromatic ring is 1. The molecule has 106 valence electrons. The van der Waals surface area contributed by atoms with Crippen LogP contribution in [0.5, 0.6) is 0 Å². The number of anilines is 1. The van der Waals surface area contributed by atoms with Gasteiger partial charge in [0.1, 0.15) is 12.4 Å². The van der Waals surface area contributed by atoms with Gasteiger partial charge in [-0.3, -0.25) is 5.41 Å². The number of halogens is 3. The van der Waals surface area contributed by atoms with Gasteiger partial charge in [0.05, 0.1) is 6.61 Å². The predicted octanol–water partition coefficient (Wildman–Crippen LogP) is 1.64. The highest BCUT2D eigenvalue weighted by Crippen LogP contribution is 2.25. The molecule has 0 saturated carbocycles. The van der Waals surface area contributed by atoms with Gasteiger partial charge < -0.3 is 15.7 Å².